The fourth-order valence-corrected chi connectivity index (χ4v) is 4.45. The predicted molar refractivity (Wildman–Crippen MR) is 151 cm³/mol. The molecule has 12 heteroatoms. The highest BCUT2D eigenvalue weighted by atomic mass is 32.1. The van der Waals surface area contributed by atoms with E-state index in [0.29, 0.717) is 32.8 Å². The number of nitrogens with one attached hydrogen (secondary N) is 2. The van der Waals surface area contributed by atoms with Gasteiger partial charge in [-0.2, -0.15) is 13.2 Å². The molecule has 3 heterocycles. The number of carbonyl (C=O) groups is 1. The van der Waals surface area contributed by atoms with Crippen LogP contribution in [-0.2, 0) is 6.18 Å². The van der Waals surface area contributed by atoms with Crippen molar-refractivity contribution in [2.45, 2.75) is 26.9 Å². The maximum Gasteiger partial charge on any atom is 0.416 e. The third-order valence-electron chi connectivity index (χ3n) is 5.87. The Kier molecular flexibility index (Phi) is 7.54. The lowest BCUT2D eigenvalue weighted by molar-refractivity contribution is -0.137. The van der Waals surface area contributed by atoms with E-state index in [9.17, 15) is 18.0 Å². The van der Waals surface area contributed by atoms with Crippen molar-refractivity contribution >= 4 is 33.8 Å². The van der Waals surface area contributed by atoms with E-state index in [2.05, 4.69) is 42.4 Å². The van der Waals surface area contributed by atoms with Crippen LogP contribution in [0.4, 0.5) is 29.7 Å². The van der Waals surface area contributed by atoms with Crippen LogP contribution >= 0.6 is 11.3 Å². The molecule has 8 nitrogen and oxygen atoms in total. The quantitative estimate of drug-likeness (QED) is 0.234. The molecule has 0 aliphatic heterocycles. The van der Waals surface area contributed by atoms with Gasteiger partial charge in [-0.05, 0) is 62.6 Å². The zero-order valence-corrected chi connectivity index (χ0v) is 22.9. The Morgan fingerprint density at radius 1 is 0.927 bits per heavy atom. The third kappa shape index (κ3) is 6.77. The summed E-state index contributed by atoms with van der Waals surface area (Å²) in [4.78, 5) is 30.4. The summed E-state index contributed by atoms with van der Waals surface area (Å²) in [6, 6.07) is 8.31. The summed E-state index contributed by atoms with van der Waals surface area (Å²) in [5.41, 5.74) is 2.38. The van der Waals surface area contributed by atoms with Gasteiger partial charge in [-0.15, -0.1) is 0 Å². The molecule has 41 heavy (non-hydrogen) atoms. The molecule has 3 aromatic heterocycles. The lowest BCUT2D eigenvalue weighted by Crippen LogP contribution is -2.14. The van der Waals surface area contributed by atoms with Crippen molar-refractivity contribution in [3.05, 3.63) is 106 Å². The minimum absolute atomic E-state index is 0.00283. The highest BCUT2D eigenvalue weighted by Gasteiger charge is 2.31. The number of aryl methyl sites for hydroxylation is 3. The summed E-state index contributed by atoms with van der Waals surface area (Å²) < 4.78 is 42.3. The number of alkyl halides is 3. The Labute approximate surface area is 237 Å². The highest BCUT2D eigenvalue weighted by molar-refractivity contribution is 7.16. The average Bonchev–Trinajstić information content (AvgIpc) is 3.57. The number of hydrogen-bond donors (Lipinski definition) is 2. The molecule has 2 N–H and O–H groups in total. The molecular weight excluding hydrogens is 551 g/mol. The lowest BCUT2D eigenvalue weighted by Gasteiger charge is -2.14. The van der Waals surface area contributed by atoms with Gasteiger partial charge in [0.15, 0.2) is 5.13 Å². The number of rotatable bonds is 5. The average molecular weight is 574 g/mol. The standard InChI is InChI=1S/C29H22F3N7OS/c1-17-4-5-21(8-20(17)6-7-26-14-35-28(41-26)38-24-12-33-19(3)34-13-24)27(40)37-23-9-22(29(30,31)32)10-25(11-23)39-15-18(2)36-16-39/h4-5,8-16H,1-3H3,(H,35,38)(H,37,40). The molecule has 0 fully saturated rings. The summed E-state index contributed by atoms with van der Waals surface area (Å²) in [5, 5.41) is 6.34. The van der Waals surface area contributed by atoms with Crippen LogP contribution in [-0.4, -0.2) is 30.4 Å². The van der Waals surface area contributed by atoms with Crippen LogP contribution in [0.2, 0.25) is 0 Å². The minimum Gasteiger partial charge on any atom is -0.329 e. The number of carbonyl (C=O) groups excluding carboxylic acids is 1. The van der Waals surface area contributed by atoms with Crippen molar-refractivity contribution in [1.29, 1.82) is 0 Å². The van der Waals surface area contributed by atoms with Crippen LogP contribution in [0, 0.1) is 32.6 Å². The maximum atomic E-state index is 13.6. The van der Waals surface area contributed by atoms with Gasteiger partial charge in [-0.1, -0.05) is 23.3 Å². The molecule has 5 rings (SSSR count). The summed E-state index contributed by atoms with van der Waals surface area (Å²) >= 11 is 1.34. The molecular formula is C29H22F3N7OS. The first kappa shape index (κ1) is 27.5. The molecule has 0 unspecified atom stereocenters. The van der Waals surface area contributed by atoms with E-state index in [4.69, 9.17) is 0 Å². The predicted octanol–water partition coefficient (Wildman–Crippen LogP) is 6.46. The molecule has 0 aliphatic carbocycles. The number of hydrogen-bond acceptors (Lipinski definition) is 7. The van der Waals surface area contributed by atoms with Crippen molar-refractivity contribution in [3.8, 4) is 17.5 Å². The molecule has 0 aliphatic rings. The first-order chi connectivity index (χ1) is 19.5. The fraction of sp³-hybridized carbons (Fsp3) is 0.138. The lowest BCUT2D eigenvalue weighted by atomic mass is 10.0. The van der Waals surface area contributed by atoms with E-state index in [1.54, 1.807) is 56.8 Å². The van der Waals surface area contributed by atoms with Crippen LogP contribution in [0.3, 0.4) is 0 Å². The Hall–Kier alpha value is -5.02. The number of benzene rings is 2. The zero-order chi connectivity index (χ0) is 29.1. The van der Waals surface area contributed by atoms with Gasteiger partial charge < -0.3 is 15.2 Å². The highest BCUT2D eigenvalue weighted by Crippen LogP contribution is 2.33. The molecule has 206 valence electrons. The number of aromatic nitrogens is 5. The Balaban J connectivity index is 1.35. The fourth-order valence-electron chi connectivity index (χ4n) is 3.76. The number of imidazole rings is 1. The van der Waals surface area contributed by atoms with E-state index in [-0.39, 0.29) is 16.9 Å². The van der Waals surface area contributed by atoms with E-state index in [1.165, 1.54) is 28.3 Å². The molecule has 1 amide bonds. The van der Waals surface area contributed by atoms with Crippen LogP contribution < -0.4 is 10.6 Å². The van der Waals surface area contributed by atoms with Crippen LogP contribution in [0.5, 0.6) is 0 Å². The minimum atomic E-state index is -4.60. The molecule has 0 radical (unpaired) electrons. The molecule has 0 spiro atoms. The van der Waals surface area contributed by atoms with Gasteiger partial charge in [0, 0.05) is 28.7 Å². The summed E-state index contributed by atoms with van der Waals surface area (Å²) in [7, 11) is 0. The van der Waals surface area contributed by atoms with Gasteiger partial charge in [-0.3, -0.25) is 4.79 Å². The second-order valence-electron chi connectivity index (χ2n) is 9.10. The van der Waals surface area contributed by atoms with Crippen LogP contribution in [0.1, 0.15) is 43.4 Å². The van der Waals surface area contributed by atoms with Gasteiger partial charge in [-0.25, -0.2) is 19.9 Å². The summed E-state index contributed by atoms with van der Waals surface area (Å²) in [6.07, 6.45) is 3.37. The Bertz CT molecular complexity index is 1800. The van der Waals surface area contributed by atoms with Crippen LogP contribution in [0.15, 0.2) is 67.5 Å². The van der Waals surface area contributed by atoms with Crippen LogP contribution in [0.25, 0.3) is 5.69 Å². The summed E-state index contributed by atoms with van der Waals surface area (Å²) in [5.74, 6) is 6.22. The monoisotopic (exact) mass is 573 g/mol. The van der Waals surface area contributed by atoms with Gasteiger partial charge in [0.05, 0.1) is 46.7 Å². The first-order valence-electron chi connectivity index (χ1n) is 12.2. The van der Waals surface area contributed by atoms with E-state index in [0.717, 1.165) is 17.7 Å². The van der Waals surface area contributed by atoms with Gasteiger partial charge in [0.25, 0.3) is 5.91 Å². The molecule has 0 atom stereocenters. The molecule has 0 saturated heterocycles. The van der Waals surface area contributed by atoms with Gasteiger partial charge >= 0.3 is 6.18 Å². The smallest absolute Gasteiger partial charge is 0.329 e. The molecule has 0 saturated carbocycles. The number of anilines is 3. The van der Waals surface area contributed by atoms with Gasteiger partial charge in [0.2, 0.25) is 0 Å². The number of thiazole rings is 1. The Morgan fingerprint density at radius 2 is 1.71 bits per heavy atom. The zero-order valence-electron chi connectivity index (χ0n) is 22.0. The maximum absolute atomic E-state index is 13.6. The SMILES string of the molecule is Cc1cn(-c2cc(NC(=O)c3ccc(C)c(C#Cc4cnc(Nc5cnc(C)nc5)s4)c3)cc(C(F)(F)F)c2)cn1. The number of nitrogens with zero attached hydrogens (tertiary/aromatic N) is 5. The molecule has 5 aromatic rings. The van der Waals surface area contributed by atoms with Crippen molar-refractivity contribution in [2.24, 2.45) is 0 Å². The van der Waals surface area contributed by atoms with Gasteiger partial charge in [0.1, 0.15) is 5.82 Å². The van der Waals surface area contributed by atoms with E-state index >= 15 is 0 Å². The topological polar surface area (TPSA) is 97.6 Å². The largest absolute Gasteiger partial charge is 0.416 e. The van der Waals surface area contributed by atoms with E-state index in [1.807, 2.05) is 6.92 Å². The van der Waals surface area contributed by atoms with Crippen molar-refractivity contribution in [2.75, 3.05) is 10.6 Å². The third-order valence-corrected chi connectivity index (χ3v) is 6.70. The second kappa shape index (κ2) is 11.2. The Morgan fingerprint density at radius 3 is 2.41 bits per heavy atom. The van der Waals surface area contributed by atoms with Crippen molar-refractivity contribution in [1.82, 2.24) is 24.5 Å². The normalized spacial score (nSPS) is 11.1. The molecule has 2 aromatic carbocycles. The summed E-state index contributed by atoms with van der Waals surface area (Å²) in [6.45, 7) is 5.39. The number of halogens is 3. The second-order valence-corrected chi connectivity index (χ2v) is 10.1. The first-order valence-corrected chi connectivity index (χ1v) is 13.0. The van der Waals surface area contributed by atoms with E-state index < -0.39 is 17.6 Å². The number of amides is 1. The van der Waals surface area contributed by atoms with Crippen molar-refractivity contribution < 1.29 is 18.0 Å². The van der Waals surface area contributed by atoms with Crippen molar-refractivity contribution in [3.63, 3.8) is 0 Å². The molecule has 0 bridgehead atoms.